The largest absolute Gasteiger partial charge is 0.493 e. The van der Waals surface area contributed by atoms with Crippen LogP contribution in [0.15, 0.2) is 55.1 Å². The zero-order valence-corrected chi connectivity index (χ0v) is 18.6. The topological polar surface area (TPSA) is 94.8 Å². The summed E-state index contributed by atoms with van der Waals surface area (Å²) in [5, 5.41) is 10.7. The highest BCUT2D eigenvalue weighted by molar-refractivity contribution is 6.06. The van der Waals surface area contributed by atoms with E-state index in [-0.39, 0.29) is 34.9 Å². The molecule has 8 nitrogen and oxygen atoms in total. The monoisotopic (exact) mass is 498 g/mol. The van der Waals surface area contributed by atoms with Crippen LogP contribution < -0.4 is 10.1 Å². The van der Waals surface area contributed by atoms with Crippen molar-refractivity contribution in [2.24, 2.45) is 0 Å². The van der Waals surface area contributed by atoms with E-state index in [1.165, 1.54) is 0 Å². The Morgan fingerprint density at radius 2 is 1.92 bits per heavy atom. The first-order chi connectivity index (χ1) is 17.3. The molecule has 0 radical (unpaired) electrons. The summed E-state index contributed by atoms with van der Waals surface area (Å²) in [6.45, 7) is 0.776. The molecule has 0 fully saturated rings. The second-order valence-corrected chi connectivity index (χ2v) is 8.05. The SMILES string of the molecule is O=C1Nc2cccc(n2)-c2nncn2CCCCOc2cc(F)c(-c3cncc(C(F)(F)F)c3)cc21. The van der Waals surface area contributed by atoms with Crippen LogP contribution in [0.2, 0.25) is 0 Å². The Morgan fingerprint density at radius 1 is 1.06 bits per heavy atom. The van der Waals surface area contributed by atoms with Crippen molar-refractivity contribution in [3.05, 3.63) is 72.1 Å². The summed E-state index contributed by atoms with van der Waals surface area (Å²) in [5.74, 6) is -0.827. The third-order valence-electron chi connectivity index (χ3n) is 5.58. The lowest BCUT2D eigenvalue weighted by molar-refractivity contribution is -0.137. The summed E-state index contributed by atoms with van der Waals surface area (Å²) in [4.78, 5) is 21.2. The molecule has 3 aromatic heterocycles. The highest BCUT2D eigenvalue weighted by Crippen LogP contribution is 2.35. The number of nitrogens with zero attached hydrogens (tertiary/aromatic N) is 5. The van der Waals surface area contributed by atoms with Gasteiger partial charge in [-0.15, -0.1) is 10.2 Å². The predicted octanol–water partition coefficient (Wildman–Crippen LogP) is 4.98. The zero-order valence-electron chi connectivity index (χ0n) is 18.6. The van der Waals surface area contributed by atoms with Crippen molar-refractivity contribution in [2.75, 3.05) is 11.9 Å². The molecule has 1 N–H and O–H groups in total. The van der Waals surface area contributed by atoms with Crippen LogP contribution in [0.5, 0.6) is 5.75 Å². The van der Waals surface area contributed by atoms with Crippen LogP contribution in [0.4, 0.5) is 23.4 Å². The summed E-state index contributed by atoms with van der Waals surface area (Å²) < 4.78 is 62.1. The van der Waals surface area contributed by atoms with Crippen molar-refractivity contribution in [2.45, 2.75) is 25.6 Å². The van der Waals surface area contributed by atoms with Crippen LogP contribution in [-0.4, -0.2) is 37.2 Å². The molecule has 4 heterocycles. The number of halogens is 4. The maximum absolute atomic E-state index is 15.1. The number of rotatable bonds is 1. The van der Waals surface area contributed by atoms with Crippen LogP contribution in [0.25, 0.3) is 22.6 Å². The van der Waals surface area contributed by atoms with E-state index in [9.17, 15) is 18.0 Å². The number of benzene rings is 1. The summed E-state index contributed by atoms with van der Waals surface area (Å²) in [6.07, 6.45) is -0.0622. The van der Waals surface area contributed by atoms with Gasteiger partial charge in [0.25, 0.3) is 5.91 Å². The van der Waals surface area contributed by atoms with Crippen molar-refractivity contribution < 1.29 is 27.1 Å². The number of alkyl halides is 3. The minimum atomic E-state index is -4.66. The second kappa shape index (κ2) is 9.36. The number of anilines is 1. The first-order valence-electron chi connectivity index (χ1n) is 10.9. The molecule has 2 bridgehead atoms. The molecule has 0 aliphatic carbocycles. The molecule has 4 aromatic rings. The average molecular weight is 498 g/mol. The molecule has 36 heavy (non-hydrogen) atoms. The minimum absolute atomic E-state index is 0.0353. The van der Waals surface area contributed by atoms with Crippen LogP contribution in [0.3, 0.4) is 0 Å². The third kappa shape index (κ3) is 4.74. The van der Waals surface area contributed by atoms with Crippen LogP contribution in [0.1, 0.15) is 28.8 Å². The molecule has 0 spiro atoms. The van der Waals surface area contributed by atoms with E-state index in [2.05, 4.69) is 25.5 Å². The molecule has 1 aliphatic heterocycles. The molecule has 1 aliphatic rings. The van der Waals surface area contributed by atoms with Crippen molar-refractivity contribution >= 4 is 11.7 Å². The van der Waals surface area contributed by atoms with Gasteiger partial charge in [0.2, 0.25) is 0 Å². The number of amides is 1. The molecule has 0 saturated carbocycles. The molecule has 12 heteroatoms. The molecule has 1 aromatic carbocycles. The first kappa shape index (κ1) is 23.4. The van der Waals surface area contributed by atoms with Gasteiger partial charge in [0.15, 0.2) is 5.82 Å². The van der Waals surface area contributed by atoms with Crippen molar-refractivity contribution in [1.29, 1.82) is 0 Å². The molecule has 0 atom stereocenters. The first-order valence-corrected chi connectivity index (χ1v) is 10.9. The van der Waals surface area contributed by atoms with Gasteiger partial charge >= 0.3 is 6.18 Å². The number of hydrogen-bond acceptors (Lipinski definition) is 6. The number of aromatic nitrogens is 5. The lowest BCUT2D eigenvalue weighted by atomic mass is 10.0. The lowest BCUT2D eigenvalue weighted by Gasteiger charge is -2.16. The number of hydrogen-bond donors (Lipinski definition) is 1. The summed E-state index contributed by atoms with van der Waals surface area (Å²) in [7, 11) is 0. The van der Waals surface area contributed by atoms with Crippen LogP contribution >= 0.6 is 0 Å². The normalized spacial score (nSPS) is 14.2. The number of carbonyl (C=O) groups is 1. The number of nitrogens with one attached hydrogen (secondary N) is 1. The Hall–Kier alpha value is -4.35. The summed E-state index contributed by atoms with van der Waals surface area (Å²) in [6, 6.07) is 7.91. The lowest BCUT2D eigenvalue weighted by Crippen LogP contribution is -2.16. The summed E-state index contributed by atoms with van der Waals surface area (Å²) >= 11 is 0. The van der Waals surface area contributed by atoms with E-state index in [0.29, 0.717) is 37.1 Å². The van der Waals surface area contributed by atoms with E-state index in [4.69, 9.17) is 4.74 Å². The van der Waals surface area contributed by atoms with Gasteiger partial charge in [-0.2, -0.15) is 13.2 Å². The van der Waals surface area contributed by atoms with Crippen molar-refractivity contribution in [3.8, 4) is 28.4 Å². The number of fused-ring (bicyclic) bond motifs is 5. The molecule has 0 unspecified atom stereocenters. The predicted molar refractivity (Wildman–Crippen MR) is 121 cm³/mol. The van der Waals surface area contributed by atoms with E-state index < -0.39 is 23.5 Å². The quantitative estimate of drug-likeness (QED) is 0.372. The van der Waals surface area contributed by atoms with Gasteiger partial charge in [0.05, 0.1) is 17.7 Å². The Bertz CT molecular complexity index is 1440. The minimum Gasteiger partial charge on any atom is -0.493 e. The Kier molecular flexibility index (Phi) is 6.08. The molecule has 1 amide bonds. The van der Waals surface area contributed by atoms with Crippen LogP contribution in [0, 0.1) is 5.82 Å². The Balaban J connectivity index is 1.57. The third-order valence-corrected chi connectivity index (χ3v) is 5.58. The number of carbonyl (C=O) groups excluding carboxylic acids is 1. The van der Waals surface area contributed by atoms with E-state index in [1.807, 2.05) is 4.57 Å². The fourth-order valence-corrected chi connectivity index (χ4v) is 3.81. The van der Waals surface area contributed by atoms with Crippen molar-refractivity contribution in [1.82, 2.24) is 24.7 Å². The molecule has 184 valence electrons. The van der Waals surface area contributed by atoms with E-state index >= 15 is 4.39 Å². The number of aryl methyl sites for hydroxylation is 1. The van der Waals surface area contributed by atoms with Gasteiger partial charge in [-0.25, -0.2) is 9.37 Å². The van der Waals surface area contributed by atoms with Gasteiger partial charge in [-0.1, -0.05) is 6.07 Å². The Morgan fingerprint density at radius 3 is 2.75 bits per heavy atom. The van der Waals surface area contributed by atoms with Gasteiger partial charge in [0, 0.05) is 36.1 Å². The van der Waals surface area contributed by atoms with E-state index in [1.54, 1.807) is 24.5 Å². The highest BCUT2D eigenvalue weighted by Gasteiger charge is 2.31. The van der Waals surface area contributed by atoms with Crippen molar-refractivity contribution in [3.63, 3.8) is 0 Å². The van der Waals surface area contributed by atoms with Gasteiger partial charge in [-0.3, -0.25) is 9.78 Å². The molecular formula is C24H18F4N6O2. The van der Waals surface area contributed by atoms with Gasteiger partial charge < -0.3 is 14.6 Å². The number of pyridine rings is 2. The van der Waals surface area contributed by atoms with Crippen LogP contribution in [-0.2, 0) is 12.7 Å². The molecule has 5 rings (SSSR count). The maximum atomic E-state index is 15.1. The molecule has 0 saturated heterocycles. The standard InChI is InChI=1S/C24H18F4N6O2/c25-18-10-20-17(9-16(18)14-8-15(12-29-11-14)24(26,27)28)23(35)32-21-5-3-4-19(31-21)22-33-30-13-34(22)6-1-2-7-36-20/h3-5,8-13H,1-2,6-7H2,(H,31,32,35). The smallest absolute Gasteiger partial charge is 0.417 e. The van der Waals surface area contributed by atoms with E-state index in [0.717, 1.165) is 24.4 Å². The maximum Gasteiger partial charge on any atom is 0.417 e. The Labute approximate surface area is 202 Å². The average Bonchev–Trinajstić information content (AvgIpc) is 3.32. The second-order valence-electron chi connectivity index (χ2n) is 8.05. The van der Waals surface area contributed by atoms with Gasteiger partial charge in [-0.05, 0) is 37.1 Å². The molecular weight excluding hydrogens is 480 g/mol. The highest BCUT2D eigenvalue weighted by atomic mass is 19.4. The zero-order chi connectivity index (χ0) is 25.3. The van der Waals surface area contributed by atoms with Gasteiger partial charge in [0.1, 0.15) is 29.4 Å². The summed E-state index contributed by atoms with van der Waals surface area (Å²) in [5.41, 5.74) is -0.947. The number of ether oxygens (including phenoxy) is 1. The fourth-order valence-electron chi connectivity index (χ4n) is 3.81. The fraction of sp³-hybridized carbons (Fsp3) is 0.208.